The van der Waals surface area contributed by atoms with Gasteiger partial charge in [0, 0.05) is 24.4 Å². The zero-order valence-corrected chi connectivity index (χ0v) is 16.5. The van der Waals surface area contributed by atoms with Crippen molar-refractivity contribution in [3.05, 3.63) is 57.6 Å². The van der Waals surface area contributed by atoms with E-state index in [4.69, 9.17) is 9.88 Å². The quantitative estimate of drug-likeness (QED) is 0.399. The van der Waals surface area contributed by atoms with Crippen molar-refractivity contribution in [1.82, 2.24) is 0 Å². The average molecular weight is 435 g/mol. The third kappa shape index (κ3) is 4.23. The van der Waals surface area contributed by atoms with Crippen molar-refractivity contribution in [2.45, 2.75) is 11.3 Å². The molecule has 0 spiro atoms. The highest BCUT2D eigenvalue weighted by Crippen LogP contribution is 2.31. The Hall–Kier alpha value is -3.51. The molecule has 0 aromatic heterocycles. The van der Waals surface area contributed by atoms with Gasteiger partial charge in [-0.05, 0) is 36.2 Å². The van der Waals surface area contributed by atoms with Crippen LogP contribution in [0.4, 0.5) is 11.4 Å². The molecule has 2 aromatic rings. The molecule has 3 rings (SSSR count). The number of hydrogen-bond donors (Lipinski definition) is 1. The second-order valence-electron chi connectivity index (χ2n) is 6.35. The molecule has 30 heavy (non-hydrogen) atoms. The Morgan fingerprint density at radius 3 is 2.60 bits per heavy atom. The van der Waals surface area contributed by atoms with Gasteiger partial charge in [-0.1, -0.05) is 0 Å². The molecule has 11 nitrogen and oxygen atoms in total. The monoisotopic (exact) mass is 435 g/mol. The third-order valence-electron chi connectivity index (χ3n) is 4.50. The van der Waals surface area contributed by atoms with Crippen LogP contribution in [0.5, 0.6) is 5.75 Å². The Balaban J connectivity index is 1.79. The standard InChI is InChI=1S/C18H17N3O8S/c1-28-18(23)12-2-4-15(21(24)25)16(9-12)29-10-17(22)20-7-6-11-8-13(30(19,26)27)3-5-14(11)20/h2-5,8-9H,6-7,10H2,1H3,(H2,19,26,27). The van der Waals surface area contributed by atoms with E-state index in [-0.39, 0.29) is 22.8 Å². The Morgan fingerprint density at radius 2 is 1.97 bits per heavy atom. The SMILES string of the molecule is COC(=O)c1ccc([N+](=O)[O-])c(OCC(=O)N2CCc3cc(S(N)(=O)=O)ccc32)c1. The van der Waals surface area contributed by atoms with Gasteiger partial charge in [-0.2, -0.15) is 0 Å². The largest absolute Gasteiger partial charge is 0.477 e. The second-order valence-corrected chi connectivity index (χ2v) is 7.91. The molecule has 0 saturated carbocycles. The minimum absolute atomic E-state index is 0.0348. The van der Waals surface area contributed by atoms with E-state index >= 15 is 0 Å². The second kappa shape index (κ2) is 8.08. The first-order chi connectivity index (χ1) is 14.1. The Morgan fingerprint density at radius 1 is 1.23 bits per heavy atom. The number of anilines is 1. The number of fused-ring (bicyclic) bond motifs is 1. The van der Waals surface area contributed by atoms with E-state index in [1.807, 2.05) is 0 Å². The van der Waals surface area contributed by atoms with Crippen molar-refractivity contribution in [3.63, 3.8) is 0 Å². The molecule has 12 heteroatoms. The number of rotatable bonds is 6. The number of carbonyl (C=O) groups excluding carboxylic acids is 2. The number of nitrogens with zero attached hydrogens (tertiary/aromatic N) is 2. The molecule has 1 heterocycles. The lowest BCUT2D eigenvalue weighted by molar-refractivity contribution is -0.385. The van der Waals surface area contributed by atoms with Crippen LogP contribution in [0.25, 0.3) is 0 Å². The lowest BCUT2D eigenvalue weighted by Crippen LogP contribution is -2.33. The van der Waals surface area contributed by atoms with Crippen LogP contribution in [-0.2, 0) is 26.0 Å². The van der Waals surface area contributed by atoms with Gasteiger partial charge < -0.3 is 14.4 Å². The number of benzene rings is 2. The van der Waals surface area contributed by atoms with Gasteiger partial charge in [0.1, 0.15) is 0 Å². The van der Waals surface area contributed by atoms with Crippen molar-refractivity contribution < 1.29 is 32.4 Å². The molecule has 1 aliphatic heterocycles. The van der Waals surface area contributed by atoms with Crippen LogP contribution in [0.3, 0.4) is 0 Å². The molecule has 0 atom stereocenters. The summed E-state index contributed by atoms with van der Waals surface area (Å²) in [6.07, 6.45) is 0.419. The first-order valence-electron chi connectivity index (χ1n) is 8.57. The minimum atomic E-state index is -3.86. The number of amides is 1. The molecule has 0 aliphatic carbocycles. The summed E-state index contributed by atoms with van der Waals surface area (Å²) in [6.45, 7) is -0.238. The highest BCUT2D eigenvalue weighted by atomic mass is 32.2. The van der Waals surface area contributed by atoms with Gasteiger partial charge in [0.25, 0.3) is 5.91 Å². The van der Waals surface area contributed by atoms with Gasteiger partial charge in [0.05, 0.1) is 22.5 Å². The summed E-state index contributed by atoms with van der Waals surface area (Å²) in [5.41, 5.74) is 0.769. The maximum Gasteiger partial charge on any atom is 0.337 e. The van der Waals surface area contributed by atoms with Gasteiger partial charge in [-0.25, -0.2) is 18.4 Å². The fourth-order valence-corrected chi connectivity index (χ4v) is 3.62. The van der Waals surface area contributed by atoms with E-state index in [1.165, 1.54) is 36.3 Å². The summed E-state index contributed by atoms with van der Waals surface area (Å²) in [6, 6.07) is 7.62. The number of ether oxygens (including phenoxy) is 2. The van der Waals surface area contributed by atoms with Crippen LogP contribution in [-0.4, -0.2) is 45.5 Å². The number of hydrogen-bond acceptors (Lipinski definition) is 8. The molecule has 0 radical (unpaired) electrons. The topological polar surface area (TPSA) is 159 Å². The summed E-state index contributed by atoms with van der Waals surface area (Å²) in [5.74, 6) is -1.45. The number of sulfonamides is 1. The third-order valence-corrected chi connectivity index (χ3v) is 5.42. The number of nitrogens with two attached hydrogens (primary N) is 1. The highest BCUT2D eigenvalue weighted by molar-refractivity contribution is 7.89. The number of methoxy groups -OCH3 is 1. The Kier molecular flexibility index (Phi) is 5.71. The summed E-state index contributed by atoms with van der Waals surface area (Å²) in [4.78, 5) is 36.1. The number of nitro benzene ring substituents is 1. The Bertz CT molecular complexity index is 1150. The van der Waals surface area contributed by atoms with Crippen LogP contribution in [0, 0.1) is 10.1 Å². The van der Waals surface area contributed by atoms with Gasteiger partial charge in [-0.3, -0.25) is 14.9 Å². The number of esters is 1. The molecule has 0 bridgehead atoms. The van der Waals surface area contributed by atoms with Crippen molar-refractivity contribution >= 4 is 33.3 Å². The molecule has 1 amide bonds. The molecule has 0 fully saturated rings. The van der Waals surface area contributed by atoms with E-state index in [1.54, 1.807) is 0 Å². The fourth-order valence-electron chi connectivity index (χ4n) is 3.06. The molecule has 2 N–H and O–H groups in total. The molecule has 158 valence electrons. The maximum atomic E-state index is 12.6. The molecule has 0 saturated heterocycles. The van der Waals surface area contributed by atoms with E-state index < -0.39 is 39.1 Å². The van der Waals surface area contributed by atoms with Crippen LogP contribution in [0.1, 0.15) is 15.9 Å². The van der Waals surface area contributed by atoms with Gasteiger partial charge in [0.15, 0.2) is 12.4 Å². The molecule has 2 aromatic carbocycles. The predicted molar refractivity (Wildman–Crippen MR) is 104 cm³/mol. The van der Waals surface area contributed by atoms with Gasteiger partial charge >= 0.3 is 11.7 Å². The highest BCUT2D eigenvalue weighted by Gasteiger charge is 2.27. The zero-order valence-electron chi connectivity index (χ0n) is 15.7. The molecular weight excluding hydrogens is 418 g/mol. The van der Waals surface area contributed by atoms with E-state index in [2.05, 4.69) is 4.74 Å². The summed E-state index contributed by atoms with van der Waals surface area (Å²) in [5, 5.41) is 16.3. The predicted octanol–water partition coefficient (Wildman–Crippen LogP) is 0.997. The molecule has 1 aliphatic rings. The zero-order chi connectivity index (χ0) is 22.1. The normalized spacial score (nSPS) is 12.9. The number of primary sulfonamides is 1. The van der Waals surface area contributed by atoms with Crippen LogP contribution >= 0.6 is 0 Å². The first-order valence-corrected chi connectivity index (χ1v) is 10.1. The van der Waals surface area contributed by atoms with Crippen molar-refractivity contribution in [2.24, 2.45) is 5.14 Å². The average Bonchev–Trinajstić information content (AvgIpc) is 3.13. The summed E-state index contributed by atoms with van der Waals surface area (Å²) < 4.78 is 32.9. The lowest BCUT2D eigenvalue weighted by Gasteiger charge is -2.18. The van der Waals surface area contributed by atoms with E-state index in [0.717, 1.165) is 12.1 Å². The van der Waals surface area contributed by atoms with E-state index in [9.17, 15) is 28.1 Å². The maximum absolute atomic E-state index is 12.6. The fraction of sp³-hybridized carbons (Fsp3) is 0.222. The molecule has 0 unspecified atom stereocenters. The number of nitro groups is 1. The van der Waals surface area contributed by atoms with Crippen LogP contribution in [0.15, 0.2) is 41.3 Å². The van der Waals surface area contributed by atoms with Gasteiger partial charge in [0.2, 0.25) is 10.0 Å². The molecular formula is C18H17N3O8S. The van der Waals surface area contributed by atoms with Crippen molar-refractivity contribution in [1.29, 1.82) is 0 Å². The van der Waals surface area contributed by atoms with Crippen LogP contribution < -0.4 is 14.8 Å². The van der Waals surface area contributed by atoms with Gasteiger partial charge in [-0.15, -0.1) is 0 Å². The van der Waals surface area contributed by atoms with E-state index in [0.29, 0.717) is 17.7 Å². The van der Waals surface area contributed by atoms with Crippen molar-refractivity contribution in [3.8, 4) is 5.75 Å². The number of carbonyl (C=O) groups is 2. The van der Waals surface area contributed by atoms with Crippen LogP contribution in [0.2, 0.25) is 0 Å². The lowest BCUT2D eigenvalue weighted by atomic mass is 10.2. The Labute approximate surface area is 171 Å². The smallest absolute Gasteiger partial charge is 0.337 e. The summed E-state index contributed by atoms with van der Waals surface area (Å²) in [7, 11) is -2.70. The first kappa shape index (κ1) is 21.2. The van der Waals surface area contributed by atoms with Crippen molar-refractivity contribution in [2.75, 3.05) is 25.2 Å². The minimum Gasteiger partial charge on any atom is -0.477 e. The summed E-state index contributed by atoms with van der Waals surface area (Å²) >= 11 is 0.